The fraction of sp³-hybridized carbons (Fsp3) is 0.562. The number of carbonyl (C=O) groups is 1. The second-order valence-corrected chi connectivity index (χ2v) is 8.36. The average molecular weight is 354 g/mol. The molecule has 3 rings (SSSR count). The summed E-state index contributed by atoms with van der Waals surface area (Å²) in [5.74, 6) is -0.637. The van der Waals surface area contributed by atoms with Crippen LogP contribution in [-0.4, -0.2) is 52.0 Å². The molecule has 2 aliphatic rings. The highest BCUT2D eigenvalue weighted by Gasteiger charge is 2.55. The number of rotatable bonds is 5. The molecule has 0 bridgehead atoms. The SMILES string of the molecule is COCc1cccc(S(=O)(=O)N2C[C@@H]3COCC[C@]3(C(N)=O)C2)c1. The van der Waals surface area contributed by atoms with Gasteiger partial charge in [-0.1, -0.05) is 12.1 Å². The maximum atomic E-state index is 13.0. The van der Waals surface area contributed by atoms with Crippen LogP contribution >= 0.6 is 0 Å². The average Bonchev–Trinajstić information content (AvgIpc) is 2.97. The minimum Gasteiger partial charge on any atom is -0.381 e. The third-order valence-corrected chi connectivity index (χ3v) is 6.82. The van der Waals surface area contributed by atoms with Crippen LogP contribution < -0.4 is 5.73 Å². The lowest BCUT2D eigenvalue weighted by Crippen LogP contribution is -2.48. The molecule has 2 atom stereocenters. The second-order valence-electron chi connectivity index (χ2n) is 6.42. The second kappa shape index (κ2) is 6.44. The molecule has 0 saturated carbocycles. The van der Waals surface area contributed by atoms with Gasteiger partial charge in [-0.2, -0.15) is 4.31 Å². The minimum absolute atomic E-state index is 0.118. The molecule has 0 spiro atoms. The van der Waals surface area contributed by atoms with Crippen molar-refractivity contribution in [3.05, 3.63) is 29.8 Å². The van der Waals surface area contributed by atoms with Crippen molar-refractivity contribution in [2.45, 2.75) is 17.9 Å². The monoisotopic (exact) mass is 354 g/mol. The first-order chi connectivity index (χ1) is 11.4. The zero-order chi connectivity index (χ0) is 17.4. The molecule has 0 radical (unpaired) electrons. The molecule has 2 N–H and O–H groups in total. The maximum absolute atomic E-state index is 13.0. The number of carbonyl (C=O) groups excluding carboxylic acids is 1. The van der Waals surface area contributed by atoms with Crippen LogP contribution in [0.15, 0.2) is 29.2 Å². The van der Waals surface area contributed by atoms with E-state index < -0.39 is 21.3 Å². The van der Waals surface area contributed by atoms with E-state index in [1.807, 2.05) is 6.07 Å². The number of nitrogens with zero attached hydrogens (tertiary/aromatic N) is 1. The summed E-state index contributed by atoms with van der Waals surface area (Å²) < 4.78 is 37.8. The van der Waals surface area contributed by atoms with E-state index in [9.17, 15) is 13.2 Å². The van der Waals surface area contributed by atoms with Crippen LogP contribution in [0.5, 0.6) is 0 Å². The molecule has 1 aromatic carbocycles. The van der Waals surface area contributed by atoms with Crippen LogP contribution in [0.2, 0.25) is 0 Å². The van der Waals surface area contributed by atoms with E-state index >= 15 is 0 Å². The van der Waals surface area contributed by atoms with Crippen molar-refractivity contribution in [1.82, 2.24) is 4.31 Å². The van der Waals surface area contributed by atoms with Gasteiger partial charge in [-0.25, -0.2) is 8.42 Å². The molecule has 132 valence electrons. The molecule has 0 unspecified atom stereocenters. The Balaban J connectivity index is 1.91. The van der Waals surface area contributed by atoms with E-state index in [1.165, 1.54) is 4.31 Å². The van der Waals surface area contributed by atoms with E-state index in [4.69, 9.17) is 15.2 Å². The maximum Gasteiger partial charge on any atom is 0.243 e. The van der Waals surface area contributed by atoms with E-state index in [0.717, 1.165) is 5.56 Å². The van der Waals surface area contributed by atoms with Crippen LogP contribution in [0, 0.1) is 11.3 Å². The van der Waals surface area contributed by atoms with Crippen LogP contribution in [0.4, 0.5) is 0 Å². The van der Waals surface area contributed by atoms with Crippen molar-refractivity contribution < 1.29 is 22.7 Å². The summed E-state index contributed by atoms with van der Waals surface area (Å²) >= 11 is 0. The van der Waals surface area contributed by atoms with Crippen molar-refractivity contribution in [2.24, 2.45) is 17.1 Å². The summed E-state index contributed by atoms with van der Waals surface area (Å²) in [7, 11) is -2.14. The number of benzene rings is 1. The van der Waals surface area contributed by atoms with E-state index in [2.05, 4.69) is 0 Å². The van der Waals surface area contributed by atoms with Gasteiger partial charge in [-0.15, -0.1) is 0 Å². The molecule has 0 aromatic heterocycles. The first kappa shape index (κ1) is 17.3. The topological polar surface area (TPSA) is 98.9 Å². The largest absolute Gasteiger partial charge is 0.381 e. The van der Waals surface area contributed by atoms with Crippen molar-refractivity contribution in [3.63, 3.8) is 0 Å². The fourth-order valence-corrected chi connectivity index (χ4v) is 5.23. The number of ether oxygens (including phenoxy) is 2. The normalized spacial score (nSPS) is 27.8. The van der Waals surface area contributed by atoms with Crippen LogP contribution in [0.25, 0.3) is 0 Å². The van der Waals surface area contributed by atoms with Gasteiger partial charge in [0, 0.05) is 32.7 Å². The highest BCUT2D eigenvalue weighted by molar-refractivity contribution is 7.89. The predicted octanol–water partition coefficient (Wildman–Crippen LogP) is 0.346. The molecule has 0 aliphatic carbocycles. The number of nitrogens with two attached hydrogens (primary N) is 1. The third kappa shape index (κ3) is 2.83. The number of sulfonamides is 1. The fourth-order valence-electron chi connectivity index (χ4n) is 3.60. The quantitative estimate of drug-likeness (QED) is 0.822. The van der Waals surface area contributed by atoms with Crippen LogP contribution in [0.1, 0.15) is 12.0 Å². The molecule has 24 heavy (non-hydrogen) atoms. The predicted molar refractivity (Wildman–Crippen MR) is 86.5 cm³/mol. The lowest BCUT2D eigenvalue weighted by atomic mass is 9.74. The first-order valence-corrected chi connectivity index (χ1v) is 9.30. The number of amides is 1. The Hall–Kier alpha value is -1.48. The highest BCUT2D eigenvalue weighted by Crippen LogP contribution is 2.43. The lowest BCUT2D eigenvalue weighted by Gasteiger charge is -2.35. The van der Waals surface area contributed by atoms with Crippen molar-refractivity contribution in [3.8, 4) is 0 Å². The summed E-state index contributed by atoms with van der Waals surface area (Å²) in [6.45, 7) is 1.49. The molecule has 8 heteroatoms. The Morgan fingerprint density at radius 1 is 1.50 bits per heavy atom. The first-order valence-electron chi connectivity index (χ1n) is 7.86. The zero-order valence-corrected chi connectivity index (χ0v) is 14.4. The van der Waals surface area contributed by atoms with E-state index in [1.54, 1.807) is 25.3 Å². The van der Waals surface area contributed by atoms with Gasteiger partial charge in [0.15, 0.2) is 0 Å². The number of methoxy groups -OCH3 is 1. The van der Waals surface area contributed by atoms with Gasteiger partial charge in [0.2, 0.25) is 15.9 Å². The van der Waals surface area contributed by atoms with E-state index in [-0.39, 0.29) is 23.9 Å². The summed E-state index contributed by atoms with van der Waals surface area (Å²) in [4.78, 5) is 12.2. The van der Waals surface area contributed by atoms with Crippen LogP contribution in [-0.2, 0) is 30.9 Å². The highest BCUT2D eigenvalue weighted by atomic mass is 32.2. The summed E-state index contributed by atoms with van der Waals surface area (Å²) in [5, 5.41) is 0. The molecular weight excluding hydrogens is 332 g/mol. The van der Waals surface area contributed by atoms with Crippen molar-refractivity contribution >= 4 is 15.9 Å². The smallest absolute Gasteiger partial charge is 0.243 e. The molecule has 1 aromatic rings. The molecule has 2 saturated heterocycles. The van der Waals surface area contributed by atoms with E-state index in [0.29, 0.717) is 26.2 Å². The minimum atomic E-state index is -3.69. The third-order valence-electron chi connectivity index (χ3n) is 5.01. The Morgan fingerprint density at radius 3 is 2.96 bits per heavy atom. The Kier molecular flexibility index (Phi) is 4.65. The summed E-state index contributed by atoms with van der Waals surface area (Å²) in [6, 6.07) is 6.67. The molecule has 7 nitrogen and oxygen atoms in total. The Labute approximate surface area is 141 Å². The van der Waals surface area contributed by atoms with Crippen LogP contribution in [0.3, 0.4) is 0 Å². The summed E-state index contributed by atoms with van der Waals surface area (Å²) in [6.07, 6.45) is 0.461. The van der Waals surface area contributed by atoms with Gasteiger partial charge < -0.3 is 15.2 Å². The van der Waals surface area contributed by atoms with Gasteiger partial charge in [0.1, 0.15) is 0 Å². The standard InChI is InChI=1S/C16H22N2O5S/c1-22-9-12-3-2-4-14(7-12)24(20,21)18-8-13-10-23-6-5-16(13,11-18)15(17)19/h2-4,7,13H,5-6,8-11H2,1H3,(H2,17,19)/t13-,16+/m1/s1. The van der Waals surface area contributed by atoms with Crippen molar-refractivity contribution in [1.29, 1.82) is 0 Å². The Bertz CT molecular complexity index is 736. The van der Waals surface area contributed by atoms with Gasteiger partial charge in [-0.3, -0.25) is 4.79 Å². The lowest BCUT2D eigenvalue weighted by molar-refractivity contribution is -0.135. The molecule has 1 amide bonds. The van der Waals surface area contributed by atoms with Gasteiger partial charge in [-0.05, 0) is 24.1 Å². The molecule has 2 heterocycles. The van der Waals surface area contributed by atoms with Gasteiger partial charge in [0.05, 0.1) is 23.5 Å². The summed E-state index contributed by atoms with van der Waals surface area (Å²) in [5.41, 5.74) is 5.58. The van der Waals surface area contributed by atoms with Crippen molar-refractivity contribution in [2.75, 3.05) is 33.4 Å². The zero-order valence-electron chi connectivity index (χ0n) is 13.6. The molecule has 2 fully saturated rings. The molecular formula is C16H22N2O5S. The van der Waals surface area contributed by atoms with Gasteiger partial charge >= 0.3 is 0 Å². The Morgan fingerprint density at radius 2 is 2.29 bits per heavy atom. The van der Waals surface area contributed by atoms with Gasteiger partial charge in [0.25, 0.3) is 0 Å². The number of fused-ring (bicyclic) bond motifs is 1. The molecule has 2 aliphatic heterocycles. The number of hydrogen-bond acceptors (Lipinski definition) is 5. The number of primary amides is 1. The number of hydrogen-bond donors (Lipinski definition) is 1.